The van der Waals surface area contributed by atoms with Gasteiger partial charge in [-0.1, -0.05) is 12.1 Å². The highest BCUT2D eigenvalue weighted by Crippen LogP contribution is 2.19. The van der Waals surface area contributed by atoms with Crippen molar-refractivity contribution in [2.75, 3.05) is 26.7 Å². The lowest BCUT2D eigenvalue weighted by molar-refractivity contribution is 0.213. The first-order valence-corrected chi connectivity index (χ1v) is 8.95. The van der Waals surface area contributed by atoms with Crippen LogP contribution in [0.2, 0.25) is 0 Å². The predicted octanol–water partition coefficient (Wildman–Crippen LogP) is 1.33. The van der Waals surface area contributed by atoms with Crippen LogP contribution in [0.3, 0.4) is 0 Å². The molecule has 3 N–H and O–H groups in total. The number of benzene rings is 1. The van der Waals surface area contributed by atoms with Crippen LogP contribution in [-0.2, 0) is 10.0 Å². The van der Waals surface area contributed by atoms with E-state index in [1.165, 1.54) is 18.9 Å². The van der Waals surface area contributed by atoms with Crippen molar-refractivity contribution in [3.05, 3.63) is 29.8 Å². The molecule has 1 saturated heterocycles. The molecular formula is C15H25N3O2S. The maximum atomic E-state index is 11.4. The van der Waals surface area contributed by atoms with Gasteiger partial charge >= 0.3 is 0 Å². The van der Waals surface area contributed by atoms with Gasteiger partial charge in [-0.2, -0.15) is 0 Å². The number of sulfonamides is 1. The van der Waals surface area contributed by atoms with Crippen molar-refractivity contribution in [1.82, 2.24) is 10.2 Å². The fourth-order valence-electron chi connectivity index (χ4n) is 2.69. The molecule has 1 aliphatic heterocycles. The quantitative estimate of drug-likeness (QED) is 0.860. The van der Waals surface area contributed by atoms with Crippen molar-refractivity contribution in [3.63, 3.8) is 0 Å². The topological polar surface area (TPSA) is 75.4 Å². The zero-order valence-corrected chi connectivity index (χ0v) is 13.6. The smallest absolute Gasteiger partial charge is 0.238 e. The third kappa shape index (κ3) is 4.78. The standard InChI is InChI=1S/C15H25N3O2S/c1-12(17-11-13-6-8-18(2)9-7-13)14-4-3-5-15(10-14)21(16,19)20/h3-5,10,12-13,17H,6-9,11H2,1-2H3,(H2,16,19,20). The molecule has 1 heterocycles. The molecule has 1 fully saturated rings. The number of piperidine rings is 1. The molecule has 1 aliphatic rings. The number of primary sulfonamides is 1. The second-order valence-corrected chi connectivity index (χ2v) is 7.56. The molecular weight excluding hydrogens is 286 g/mol. The van der Waals surface area contributed by atoms with Crippen LogP contribution >= 0.6 is 0 Å². The highest BCUT2D eigenvalue weighted by Gasteiger charge is 2.18. The molecule has 118 valence electrons. The van der Waals surface area contributed by atoms with Crippen LogP contribution in [0, 0.1) is 5.92 Å². The molecule has 21 heavy (non-hydrogen) atoms. The van der Waals surface area contributed by atoms with E-state index in [4.69, 9.17) is 5.14 Å². The van der Waals surface area contributed by atoms with Crippen LogP contribution in [0.1, 0.15) is 31.4 Å². The summed E-state index contributed by atoms with van der Waals surface area (Å²) in [6, 6.07) is 6.97. The number of nitrogens with zero attached hydrogens (tertiary/aromatic N) is 1. The molecule has 1 aromatic rings. The Balaban J connectivity index is 1.93. The van der Waals surface area contributed by atoms with E-state index in [1.54, 1.807) is 12.1 Å². The third-order valence-corrected chi connectivity index (χ3v) is 5.15. The molecule has 0 amide bonds. The summed E-state index contributed by atoms with van der Waals surface area (Å²) in [5.74, 6) is 0.699. The van der Waals surface area contributed by atoms with Gasteiger partial charge in [0.05, 0.1) is 4.90 Å². The Kier molecular flexibility index (Phi) is 5.37. The van der Waals surface area contributed by atoms with Crippen molar-refractivity contribution in [3.8, 4) is 0 Å². The zero-order valence-electron chi connectivity index (χ0n) is 12.7. The van der Waals surface area contributed by atoms with Gasteiger partial charge in [-0.05, 0) is 70.1 Å². The largest absolute Gasteiger partial charge is 0.310 e. The number of nitrogens with one attached hydrogen (secondary N) is 1. The molecule has 0 aliphatic carbocycles. The van der Waals surface area contributed by atoms with E-state index in [0.29, 0.717) is 5.92 Å². The van der Waals surface area contributed by atoms with Gasteiger partial charge in [-0.25, -0.2) is 13.6 Å². The molecule has 1 aromatic carbocycles. The summed E-state index contributed by atoms with van der Waals surface area (Å²) in [5, 5.41) is 8.68. The van der Waals surface area contributed by atoms with E-state index in [0.717, 1.165) is 25.2 Å². The minimum Gasteiger partial charge on any atom is -0.310 e. The first-order valence-electron chi connectivity index (χ1n) is 7.41. The minimum atomic E-state index is -3.63. The van der Waals surface area contributed by atoms with Gasteiger partial charge in [-0.15, -0.1) is 0 Å². The Bertz CT molecular complexity index is 566. The van der Waals surface area contributed by atoms with Crippen molar-refractivity contribution < 1.29 is 8.42 Å². The molecule has 0 aromatic heterocycles. The maximum Gasteiger partial charge on any atom is 0.238 e. The predicted molar refractivity (Wildman–Crippen MR) is 84.5 cm³/mol. The average Bonchev–Trinajstić information content (AvgIpc) is 2.45. The average molecular weight is 311 g/mol. The van der Waals surface area contributed by atoms with Gasteiger partial charge in [0.2, 0.25) is 10.0 Å². The summed E-state index contributed by atoms with van der Waals surface area (Å²) in [7, 11) is -1.48. The van der Waals surface area contributed by atoms with Gasteiger partial charge in [0, 0.05) is 6.04 Å². The van der Waals surface area contributed by atoms with Crippen molar-refractivity contribution in [1.29, 1.82) is 0 Å². The number of likely N-dealkylation sites (tertiary alicyclic amines) is 1. The number of rotatable bonds is 5. The van der Waals surface area contributed by atoms with Gasteiger partial charge in [-0.3, -0.25) is 0 Å². The normalized spacial score (nSPS) is 19.6. The Morgan fingerprint density at radius 2 is 2.05 bits per heavy atom. The van der Waals surface area contributed by atoms with Crippen molar-refractivity contribution >= 4 is 10.0 Å². The molecule has 6 heteroatoms. The van der Waals surface area contributed by atoms with E-state index in [9.17, 15) is 8.42 Å². The van der Waals surface area contributed by atoms with Crippen LogP contribution in [0.5, 0.6) is 0 Å². The lowest BCUT2D eigenvalue weighted by Crippen LogP contribution is -2.35. The van der Waals surface area contributed by atoms with Gasteiger partial charge in [0.25, 0.3) is 0 Å². The first-order chi connectivity index (χ1) is 9.86. The zero-order chi connectivity index (χ0) is 15.5. The monoisotopic (exact) mass is 311 g/mol. The molecule has 0 radical (unpaired) electrons. The highest BCUT2D eigenvalue weighted by molar-refractivity contribution is 7.89. The number of hydrogen-bond donors (Lipinski definition) is 2. The van der Waals surface area contributed by atoms with Crippen LogP contribution in [0.25, 0.3) is 0 Å². The summed E-state index contributed by atoms with van der Waals surface area (Å²) in [6.07, 6.45) is 2.43. The number of hydrogen-bond acceptors (Lipinski definition) is 4. The first kappa shape index (κ1) is 16.4. The third-order valence-electron chi connectivity index (χ3n) is 4.24. The van der Waals surface area contributed by atoms with Crippen LogP contribution in [-0.4, -0.2) is 40.0 Å². The molecule has 0 bridgehead atoms. The second-order valence-electron chi connectivity index (χ2n) is 5.99. The summed E-state index contributed by atoms with van der Waals surface area (Å²) in [6.45, 7) is 5.33. The Morgan fingerprint density at radius 3 is 2.67 bits per heavy atom. The van der Waals surface area contributed by atoms with Gasteiger partial charge < -0.3 is 10.2 Å². The Morgan fingerprint density at radius 1 is 1.38 bits per heavy atom. The van der Waals surface area contributed by atoms with E-state index in [2.05, 4.69) is 24.2 Å². The van der Waals surface area contributed by atoms with E-state index in [-0.39, 0.29) is 10.9 Å². The number of nitrogens with two attached hydrogens (primary N) is 1. The fourth-order valence-corrected chi connectivity index (χ4v) is 3.26. The van der Waals surface area contributed by atoms with Gasteiger partial charge in [0.15, 0.2) is 0 Å². The van der Waals surface area contributed by atoms with Crippen molar-refractivity contribution in [2.45, 2.75) is 30.7 Å². The molecule has 1 unspecified atom stereocenters. The van der Waals surface area contributed by atoms with E-state index >= 15 is 0 Å². The summed E-state index contributed by atoms with van der Waals surface area (Å²) < 4.78 is 22.8. The summed E-state index contributed by atoms with van der Waals surface area (Å²) in [4.78, 5) is 2.53. The molecule has 0 spiro atoms. The fraction of sp³-hybridized carbons (Fsp3) is 0.600. The van der Waals surface area contributed by atoms with Crippen molar-refractivity contribution in [2.24, 2.45) is 11.1 Å². The van der Waals surface area contributed by atoms with E-state index < -0.39 is 10.0 Å². The minimum absolute atomic E-state index is 0.117. The molecule has 1 atom stereocenters. The van der Waals surface area contributed by atoms with Crippen LogP contribution < -0.4 is 10.5 Å². The van der Waals surface area contributed by atoms with E-state index in [1.807, 2.05) is 6.07 Å². The SMILES string of the molecule is CC(NCC1CCN(C)CC1)c1cccc(S(N)(=O)=O)c1. The summed E-state index contributed by atoms with van der Waals surface area (Å²) in [5.41, 5.74) is 0.953. The molecule has 2 rings (SSSR count). The Hall–Kier alpha value is -0.950. The Labute approximate surface area is 127 Å². The van der Waals surface area contributed by atoms with Crippen LogP contribution in [0.4, 0.5) is 0 Å². The van der Waals surface area contributed by atoms with Crippen LogP contribution in [0.15, 0.2) is 29.2 Å². The lowest BCUT2D eigenvalue weighted by atomic mass is 9.96. The maximum absolute atomic E-state index is 11.4. The second kappa shape index (κ2) is 6.87. The van der Waals surface area contributed by atoms with Gasteiger partial charge in [0.1, 0.15) is 0 Å². The molecule has 0 saturated carbocycles. The lowest BCUT2D eigenvalue weighted by Gasteiger charge is -2.30. The molecule has 5 nitrogen and oxygen atoms in total. The highest BCUT2D eigenvalue weighted by atomic mass is 32.2. The summed E-state index contributed by atoms with van der Waals surface area (Å²) >= 11 is 0.